The van der Waals surface area contributed by atoms with Crippen LogP contribution in [-0.4, -0.2) is 6.54 Å². The number of benzene rings is 1. The Labute approximate surface area is 103 Å². The van der Waals surface area contributed by atoms with Crippen LogP contribution >= 0.6 is 0 Å². The summed E-state index contributed by atoms with van der Waals surface area (Å²) in [5.41, 5.74) is 1.22. The number of unbranched alkanes of at least 4 members (excludes halogenated alkanes) is 1. The molecule has 1 fully saturated rings. The van der Waals surface area contributed by atoms with E-state index in [1.54, 1.807) is 12.1 Å². The minimum absolute atomic E-state index is 0.148. The van der Waals surface area contributed by atoms with Crippen LogP contribution in [0.3, 0.4) is 0 Å². The van der Waals surface area contributed by atoms with Gasteiger partial charge in [-0.05, 0) is 49.4 Å². The van der Waals surface area contributed by atoms with Gasteiger partial charge in [0.15, 0.2) is 0 Å². The van der Waals surface area contributed by atoms with Crippen molar-refractivity contribution in [2.45, 2.75) is 45.1 Å². The summed E-state index contributed by atoms with van der Waals surface area (Å²) >= 11 is 0. The van der Waals surface area contributed by atoms with E-state index in [0.717, 1.165) is 18.9 Å². The van der Waals surface area contributed by atoms with Gasteiger partial charge in [0.05, 0.1) is 0 Å². The van der Waals surface area contributed by atoms with E-state index in [4.69, 9.17) is 0 Å². The number of hydrogen-bond donors (Lipinski definition) is 1. The van der Waals surface area contributed by atoms with Crippen molar-refractivity contribution in [2.24, 2.45) is 5.92 Å². The minimum atomic E-state index is -0.148. The van der Waals surface area contributed by atoms with Crippen molar-refractivity contribution in [3.05, 3.63) is 35.6 Å². The maximum absolute atomic E-state index is 12.9. The fourth-order valence-corrected chi connectivity index (χ4v) is 2.12. The lowest BCUT2D eigenvalue weighted by Gasteiger charge is -2.19. The second-order valence-electron chi connectivity index (χ2n) is 5.10. The van der Waals surface area contributed by atoms with Crippen molar-refractivity contribution in [3.63, 3.8) is 0 Å². The summed E-state index contributed by atoms with van der Waals surface area (Å²) in [5.74, 6) is 0.741. The fraction of sp³-hybridized carbons (Fsp3) is 0.600. The zero-order chi connectivity index (χ0) is 12.1. The Balaban J connectivity index is 1.93. The molecule has 1 nitrogen and oxygen atoms in total. The zero-order valence-electron chi connectivity index (χ0n) is 10.6. The highest BCUT2D eigenvalue weighted by atomic mass is 19.1. The monoisotopic (exact) mass is 235 g/mol. The average molecular weight is 235 g/mol. The van der Waals surface area contributed by atoms with Gasteiger partial charge >= 0.3 is 0 Å². The Hall–Kier alpha value is -0.890. The standard InChI is InChI=1S/C15H22FN/c1-2-3-4-15(17-11-12-5-6-12)13-7-9-14(16)10-8-13/h7-10,12,15,17H,2-6,11H2,1H3. The lowest BCUT2D eigenvalue weighted by Crippen LogP contribution is -2.23. The fourth-order valence-electron chi connectivity index (χ4n) is 2.12. The first-order valence-electron chi connectivity index (χ1n) is 6.78. The molecule has 2 heteroatoms. The molecule has 94 valence electrons. The number of nitrogens with one attached hydrogen (secondary N) is 1. The van der Waals surface area contributed by atoms with Crippen molar-refractivity contribution in [1.29, 1.82) is 0 Å². The summed E-state index contributed by atoms with van der Waals surface area (Å²) in [6.45, 7) is 3.33. The molecule has 0 aromatic heterocycles. The molecule has 0 heterocycles. The van der Waals surface area contributed by atoms with Crippen LogP contribution in [0.25, 0.3) is 0 Å². The van der Waals surface area contributed by atoms with Crippen LogP contribution in [0.15, 0.2) is 24.3 Å². The molecule has 17 heavy (non-hydrogen) atoms. The van der Waals surface area contributed by atoms with Gasteiger partial charge in [-0.3, -0.25) is 0 Å². The molecule has 1 aliphatic rings. The van der Waals surface area contributed by atoms with Gasteiger partial charge in [-0.1, -0.05) is 31.9 Å². The van der Waals surface area contributed by atoms with Crippen LogP contribution in [0.4, 0.5) is 4.39 Å². The van der Waals surface area contributed by atoms with Crippen LogP contribution < -0.4 is 5.32 Å². The molecule has 1 saturated carbocycles. The molecule has 0 spiro atoms. The molecule has 2 rings (SSSR count). The molecule has 0 saturated heterocycles. The molecule has 1 aliphatic carbocycles. The SMILES string of the molecule is CCCCC(NCC1CC1)c1ccc(F)cc1. The Morgan fingerprint density at radius 1 is 1.29 bits per heavy atom. The molecular formula is C15H22FN. The highest BCUT2D eigenvalue weighted by Gasteiger charge is 2.22. The maximum Gasteiger partial charge on any atom is 0.123 e. The number of hydrogen-bond acceptors (Lipinski definition) is 1. The molecule has 1 aromatic carbocycles. The van der Waals surface area contributed by atoms with Crippen LogP contribution in [0.2, 0.25) is 0 Å². The van der Waals surface area contributed by atoms with E-state index in [1.807, 2.05) is 12.1 Å². The summed E-state index contributed by atoms with van der Waals surface area (Å²) in [6, 6.07) is 7.35. The predicted octanol–water partition coefficient (Wildman–Crippen LogP) is 4.06. The third-order valence-electron chi connectivity index (χ3n) is 3.47. The van der Waals surface area contributed by atoms with Gasteiger partial charge in [-0.25, -0.2) is 4.39 Å². The Kier molecular flexibility index (Phi) is 4.55. The third-order valence-corrected chi connectivity index (χ3v) is 3.47. The van der Waals surface area contributed by atoms with Crippen LogP contribution in [0.1, 0.15) is 50.6 Å². The van der Waals surface area contributed by atoms with E-state index >= 15 is 0 Å². The van der Waals surface area contributed by atoms with E-state index in [9.17, 15) is 4.39 Å². The van der Waals surface area contributed by atoms with E-state index < -0.39 is 0 Å². The molecule has 1 aromatic rings. The van der Waals surface area contributed by atoms with Crippen molar-refractivity contribution < 1.29 is 4.39 Å². The van der Waals surface area contributed by atoms with E-state index in [-0.39, 0.29) is 5.82 Å². The largest absolute Gasteiger partial charge is 0.310 e. The summed E-state index contributed by atoms with van der Waals surface area (Å²) < 4.78 is 12.9. The van der Waals surface area contributed by atoms with E-state index in [1.165, 1.54) is 31.2 Å². The number of halogens is 1. The first kappa shape index (κ1) is 12.6. The second kappa shape index (κ2) is 6.15. The van der Waals surface area contributed by atoms with Gasteiger partial charge in [-0.2, -0.15) is 0 Å². The third kappa shape index (κ3) is 4.12. The van der Waals surface area contributed by atoms with Crippen molar-refractivity contribution >= 4 is 0 Å². The Morgan fingerprint density at radius 2 is 2.00 bits per heavy atom. The lowest BCUT2D eigenvalue weighted by atomic mass is 10.0. The summed E-state index contributed by atoms with van der Waals surface area (Å²) in [7, 11) is 0. The smallest absolute Gasteiger partial charge is 0.123 e. The Bertz CT molecular complexity index is 329. The number of rotatable bonds is 7. The first-order chi connectivity index (χ1) is 8.29. The normalized spacial score (nSPS) is 17.1. The molecule has 0 aliphatic heterocycles. The molecule has 1 atom stereocenters. The topological polar surface area (TPSA) is 12.0 Å². The average Bonchev–Trinajstić information content (AvgIpc) is 3.15. The summed E-state index contributed by atoms with van der Waals surface area (Å²) in [6.07, 6.45) is 6.32. The highest BCUT2D eigenvalue weighted by molar-refractivity contribution is 5.19. The maximum atomic E-state index is 12.9. The zero-order valence-corrected chi connectivity index (χ0v) is 10.6. The molecule has 0 radical (unpaired) electrons. The van der Waals surface area contributed by atoms with Crippen LogP contribution in [-0.2, 0) is 0 Å². The van der Waals surface area contributed by atoms with Gasteiger partial charge < -0.3 is 5.32 Å². The second-order valence-corrected chi connectivity index (χ2v) is 5.10. The van der Waals surface area contributed by atoms with Crippen LogP contribution in [0, 0.1) is 11.7 Å². The van der Waals surface area contributed by atoms with E-state index in [2.05, 4.69) is 12.2 Å². The van der Waals surface area contributed by atoms with Crippen molar-refractivity contribution in [1.82, 2.24) is 5.32 Å². The molecular weight excluding hydrogens is 213 g/mol. The van der Waals surface area contributed by atoms with Gasteiger partial charge in [0.1, 0.15) is 5.82 Å². The highest BCUT2D eigenvalue weighted by Crippen LogP contribution is 2.29. The summed E-state index contributed by atoms with van der Waals surface area (Å²) in [5, 5.41) is 3.63. The van der Waals surface area contributed by atoms with Gasteiger partial charge in [0, 0.05) is 6.04 Å². The Morgan fingerprint density at radius 3 is 2.59 bits per heavy atom. The lowest BCUT2D eigenvalue weighted by molar-refractivity contribution is 0.469. The molecule has 0 amide bonds. The molecule has 1 N–H and O–H groups in total. The molecule has 0 bridgehead atoms. The quantitative estimate of drug-likeness (QED) is 0.751. The predicted molar refractivity (Wildman–Crippen MR) is 69.4 cm³/mol. The van der Waals surface area contributed by atoms with Gasteiger partial charge in [-0.15, -0.1) is 0 Å². The summed E-state index contributed by atoms with van der Waals surface area (Å²) in [4.78, 5) is 0. The van der Waals surface area contributed by atoms with E-state index in [0.29, 0.717) is 6.04 Å². The van der Waals surface area contributed by atoms with Gasteiger partial charge in [0.25, 0.3) is 0 Å². The van der Waals surface area contributed by atoms with Crippen molar-refractivity contribution in [3.8, 4) is 0 Å². The van der Waals surface area contributed by atoms with Crippen LogP contribution in [0.5, 0.6) is 0 Å². The van der Waals surface area contributed by atoms with Crippen molar-refractivity contribution in [2.75, 3.05) is 6.54 Å². The minimum Gasteiger partial charge on any atom is -0.310 e. The van der Waals surface area contributed by atoms with Gasteiger partial charge in [0.2, 0.25) is 0 Å². The molecule has 1 unspecified atom stereocenters. The first-order valence-corrected chi connectivity index (χ1v) is 6.78.